The van der Waals surface area contributed by atoms with Crippen LogP contribution in [-0.2, 0) is 11.3 Å². The minimum absolute atomic E-state index is 0.00535. The Kier molecular flexibility index (Phi) is 4.76. The average molecular weight is 294 g/mol. The van der Waals surface area contributed by atoms with Gasteiger partial charge in [0.2, 0.25) is 0 Å². The van der Waals surface area contributed by atoms with Crippen molar-refractivity contribution in [2.45, 2.75) is 13.5 Å². The van der Waals surface area contributed by atoms with Crippen molar-refractivity contribution in [1.82, 2.24) is 15.1 Å². The second kappa shape index (κ2) is 6.54. The van der Waals surface area contributed by atoms with Gasteiger partial charge in [0.1, 0.15) is 11.7 Å². The molecule has 2 aromatic rings. The molecule has 0 fully saturated rings. The molecule has 20 heavy (non-hydrogen) atoms. The number of hydrogen-bond acceptors (Lipinski definition) is 2. The normalized spacial score (nSPS) is 10.6. The second-order valence-electron chi connectivity index (χ2n) is 4.47. The molecular formula is C14H18ClN4O+. The van der Waals surface area contributed by atoms with Gasteiger partial charge in [-0.05, 0) is 19.1 Å². The summed E-state index contributed by atoms with van der Waals surface area (Å²) in [5.41, 5.74) is 2.77. The Hall–Kier alpha value is -1.85. The van der Waals surface area contributed by atoms with Crippen LogP contribution < -0.4 is 10.6 Å². The predicted octanol–water partition coefficient (Wildman–Crippen LogP) is 0.644. The van der Waals surface area contributed by atoms with E-state index in [0.29, 0.717) is 18.2 Å². The van der Waals surface area contributed by atoms with Gasteiger partial charge in [0, 0.05) is 7.05 Å². The lowest BCUT2D eigenvalue weighted by atomic mass is 10.2. The predicted molar refractivity (Wildman–Crippen MR) is 77.9 cm³/mol. The van der Waals surface area contributed by atoms with E-state index in [9.17, 15) is 4.79 Å². The summed E-state index contributed by atoms with van der Waals surface area (Å²) in [7, 11) is 1.63. The first-order valence-corrected chi connectivity index (χ1v) is 6.83. The lowest BCUT2D eigenvalue weighted by molar-refractivity contribution is -0.660. The van der Waals surface area contributed by atoms with Gasteiger partial charge in [0.25, 0.3) is 5.91 Å². The fourth-order valence-corrected chi connectivity index (χ4v) is 2.30. The zero-order valence-corrected chi connectivity index (χ0v) is 12.3. The monoisotopic (exact) mass is 293 g/mol. The number of aromatic nitrogens is 2. The Morgan fingerprint density at radius 3 is 2.75 bits per heavy atom. The number of quaternary nitrogens is 1. The Morgan fingerprint density at radius 1 is 1.40 bits per heavy atom. The third-order valence-electron chi connectivity index (χ3n) is 3.08. The number of carbonyl (C=O) groups excluding carboxylic acids is 1. The number of likely N-dealkylation sites (N-methyl/N-ethyl adjacent to an activating group) is 1. The highest BCUT2D eigenvalue weighted by Crippen LogP contribution is 2.22. The van der Waals surface area contributed by atoms with Gasteiger partial charge in [-0.15, -0.1) is 0 Å². The van der Waals surface area contributed by atoms with E-state index in [0.717, 1.165) is 16.9 Å². The van der Waals surface area contributed by atoms with Crippen LogP contribution in [-0.4, -0.2) is 29.3 Å². The molecule has 1 aromatic heterocycles. The SMILES string of the molecule is CNC(=O)C[NH2+]Cc1c(C)nn(-c2ccccc2)c1Cl. The summed E-state index contributed by atoms with van der Waals surface area (Å²) < 4.78 is 1.72. The molecule has 0 aliphatic rings. The van der Waals surface area contributed by atoms with Crippen molar-refractivity contribution < 1.29 is 10.1 Å². The number of para-hydroxylation sites is 1. The number of nitrogens with two attached hydrogens (primary N) is 1. The van der Waals surface area contributed by atoms with E-state index in [2.05, 4.69) is 10.4 Å². The topological polar surface area (TPSA) is 63.5 Å². The number of aryl methyl sites for hydroxylation is 1. The van der Waals surface area contributed by atoms with E-state index >= 15 is 0 Å². The zero-order chi connectivity index (χ0) is 14.5. The lowest BCUT2D eigenvalue weighted by Gasteiger charge is -2.03. The van der Waals surface area contributed by atoms with E-state index < -0.39 is 0 Å². The Balaban J connectivity index is 2.15. The largest absolute Gasteiger partial charge is 0.354 e. The zero-order valence-electron chi connectivity index (χ0n) is 11.6. The number of rotatable bonds is 5. The summed E-state index contributed by atoms with van der Waals surface area (Å²) >= 11 is 6.39. The smallest absolute Gasteiger partial charge is 0.274 e. The van der Waals surface area contributed by atoms with Crippen LogP contribution in [0, 0.1) is 6.92 Å². The molecule has 0 aliphatic heterocycles. The number of halogens is 1. The fraction of sp³-hybridized carbons (Fsp3) is 0.286. The van der Waals surface area contributed by atoms with Gasteiger partial charge in [-0.3, -0.25) is 4.79 Å². The van der Waals surface area contributed by atoms with Crippen molar-refractivity contribution in [2.24, 2.45) is 0 Å². The second-order valence-corrected chi connectivity index (χ2v) is 4.83. The van der Waals surface area contributed by atoms with Crippen molar-refractivity contribution in [1.29, 1.82) is 0 Å². The van der Waals surface area contributed by atoms with Gasteiger partial charge < -0.3 is 10.6 Å². The van der Waals surface area contributed by atoms with Gasteiger partial charge in [-0.1, -0.05) is 29.8 Å². The Morgan fingerprint density at radius 2 is 2.10 bits per heavy atom. The van der Waals surface area contributed by atoms with Crippen LogP contribution in [0.15, 0.2) is 30.3 Å². The van der Waals surface area contributed by atoms with E-state index in [-0.39, 0.29) is 5.91 Å². The maximum atomic E-state index is 11.2. The standard InChI is InChI=1S/C14H17ClN4O/c1-10-12(8-17-9-13(20)16-2)14(15)19(18-10)11-6-4-3-5-7-11/h3-7,17H,8-9H2,1-2H3,(H,16,20)/p+1. The first kappa shape index (κ1) is 14.6. The van der Waals surface area contributed by atoms with Crippen LogP contribution >= 0.6 is 11.6 Å². The molecule has 0 bridgehead atoms. The molecular weight excluding hydrogens is 276 g/mol. The highest BCUT2D eigenvalue weighted by Gasteiger charge is 2.16. The molecule has 1 heterocycles. The van der Waals surface area contributed by atoms with E-state index in [1.54, 1.807) is 11.7 Å². The van der Waals surface area contributed by atoms with Crippen LogP contribution in [0.1, 0.15) is 11.3 Å². The number of nitrogens with zero attached hydrogens (tertiary/aromatic N) is 2. The number of hydrogen-bond donors (Lipinski definition) is 2. The van der Waals surface area contributed by atoms with Crippen LogP contribution in [0.25, 0.3) is 5.69 Å². The molecule has 0 radical (unpaired) electrons. The van der Waals surface area contributed by atoms with Crippen LogP contribution in [0.3, 0.4) is 0 Å². The number of benzene rings is 1. The molecule has 0 aliphatic carbocycles. The Labute approximate surface area is 122 Å². The maximum absolute atomic E-state index is 11.2. The van der Waals surface area contributed by atoms with Crippen LogP contribution in [0.5, 0.6) is 0 Å². The molecule has 5 nitrogen and oxygen atoms in total. The minimum atomic E-state index is -0.00535. The highest BCUT2D eigenvalue weighted by atomic mass is 35.5. The number of amides is 1. The fourth-order valence-electron chi connectivity index (χ4n) is 1.95. The van der Waals surface area contributed by atoms with Crippen molar-refractivity contribution in [3.05, 3.63) is 46.7 Å². The summed E-state index contributed by atoms with van der Waals surface area (Å²) in [6.07, 6.45) is 0. The molecule has 6 heteroatoms. The first-order chi connectivity index (χ1) is 9.63. The molecule has 0 unspecified atom stereocenters. The van der Waals surface area contributed by atoms with Gasteiger partial charge >= 0.3 is 0 Å². The molecule has 0 atom stereocenters. The van der Waals surface area contributed by atoms with E-state index in [1.807, 2.05) is 42.6 Å². The third kappa shape index (κ3) is 3.18. The van der Waals surface area contributed by atoms with Crippen molar-refractivity contribution in [2.75, 3.05) is 13.6 Å². The average Bonchev–Trinajstić information content (AvgIpc) is 2.75. The molecule has 1 aromatic carbocycles. The number of carbonyl (C=O) groups is 1. The van der Waals surface area contributed by atoms with Crippen LogP contribution in [0.4, 0.5) is 0 Å². The highest BCUT2D eigenvalue weighted by molar-refractivity contribution is 6.30. The summed E-state index contributed by atoms with van der Waals surface area (Å²) in [6.45, 7) is 2.93. The molecule has 0 spiro atoms. The summed E-state index contributed by atoms with van der Waals surface area (Å²) in [4.78, 5) is 11.2. The summed E-state index contributed by atoms with van der Waals surface area (Å²) in [5.74, 6) is -0.00535. The summed E-state index contributed by atoms with van der Waals surface area (Å²) in [6, 6.07) is 9.75. The van der Waals surface area contributed by atoms with Crippen molar-refractivity contribution in [3.8, 4) is 5.69 Å². The maximum Gasteiger partial charge on any atom is 0.274 e. The molecule has 1 amide bonds. The van der Waals surface area contributed by atoms with Crippen LogP contribution in [0.2, 0.25) is 5.15 Å². The molecule has 0 saturated heterocycles. The minimum Gasteiger partial charge on any atom is -0.354 e. The van der Waals surface area contributed by atoms with Crippen molar-refractivity contribution >= 4 is 17.5 Å². The molecule has 3 N–H and O–H groups in total. The molecule has 0 saturated carbocycles. The first-order valence-electron chi connectivity index (χ1n) is 6.45. The van der Waals surface area contributed by atoms with Gasteiger partial charge in [0.15, 0.2) is 6.54 Å². The number of nitrogens with one attached hydrogen (secondary N) is 1. The Bertz CT molecular complexity index is 595. The third-order valence-corrected chi connectivity index (χ3v) is 3.47. The molecule has 106 valence electrons. The lowest BCUT2D eigenvalue weighted by Crippen LogP contribution is -2.85. The van der Waals surface area contributed by atoms with Gasteiger partial charge in [0.05, 0.1) is 16.9 Å². The quantitative estimate of drug-likeness (QED) is 0.850. The van der Waals surface area contributed by atoms with Gasteiger partial charge in [-0.25, -0.2) is 4.68 Å². The molecule has 2 rings (SSSR count). The van der Waals surface area contributed by atoms with Gasteiger partial charge in [-0.2, -0.15) is 5.10 Å². The summed E-state index contributed by atoms with van der Waals surface area (Å²) in [5, 5.41) is 9.56. The van der Waals surface area contributed by atoms with Crippen molar-refractivity contribution in [3.63, 3.8) is 0 Å². The van der Waals surface area contributed by atoms with E-state index in [4.69, 9.17) is 11.6 Å². The van der Waals surface area contributed by atoms with E-state index in [1.165, 1.54) is 0 Å².